The zero-order chi connectivity index (χ0) is 12.1. The minimum absolute atomic E-state index is 0.142. The van der Waals surface area contributed by atoms with E-state index in [9.17, 15) is 9.00 Å². The summed E-state index contributed by atoms with van der Waals surface area (Å²) in [4.78, 5) is 11.2. The Morgan fingerprint density at radius 3 is 3.00 bits per heavy atom. The van der Waals surface area contributed by atoms with Crippen LogP contribution in [0, 0.1) is 0 Å². The molecule has 0 spiro atoms. The minimum atomic E-state index is -0.789. The third-order valence-corrected chi connectivity index (χ3v) is 3.63. The summed E-state index contributed by atoms with van der Waals surface area (Å²) in [6.07, 6.45) is 4.00. The van der Waals surface area contributed by atoms with Crippen LogP contribution in [-0.2, 0) is 10.8 Å². The van der Waals surface area contributed by atoms with Crippen molar-refractivity contribution in [3.63, 3.8) is 0 Å². The van der Waals surface area contributed by atoms with Crippen molar-refractivity contribution >= 4 is 32.4 Å². The van der Waals surface area contributed by atoms with Gasteiger partial charge in [-0.05, 0) is 29.3 Å². The monoisotopic (exact) mass is 307 g/mol. The third-order valence-electron chi connectivity index (χ3n) is 2.04. The average molecular weight is 308 g/mol. The van der Waals surface area contributed by atoms with Crippen molar-refractivity contribution in [2.24, 2.45) is 0 Å². The molecule has 2 unspecified atom stereocenters. The lowest BCUT2D eigenvalue weighted by atomic mass is 10.2. The molecule has 1 heterocycles. The molecule has 0 amide bonds. The number of anilines is 1. The van der Waals surface area contributed by atoms with E-state index in [0.29, 0.717) is 15.9 Å². The lowest BCUT2D eigenvalue weighted by Crippen LogP contribution is -2.20. The first-order valence-corrected chi connectivity index (χ1v) is 7.32. The highest BCUT2D eigenvalue weighted by molar-refractivity contribution is 9.10. The van der Waals surface area contributed by atoms with Gasteiger partial charge >= 0.3 is 0 Å². The third kappa shape index (κ3) is 4.05. The summed E-state index contributed by atoms with van der Waals surface area (Å²) < 4.78 is 11.4. The molecule has 0 saturated heterocycles. The van der Waals surface area contributed by atoms with E-state index < -0.39 is 10.8 Å². The lowest BCUT2D eigenvalue weighted by Gasteiger charge is -2.14. The molecule has 1 aromatic rings. The van der Waals surface area contributed by atoms with Crippen LogP contribution in [0.3, 0.4) is 0 Å². The van der Waals surface area contributed by atoms with Gasteiger partial charge in [0.25, 0.3) is 5.56 Å². The second-order valence-corrected chi connectivity index (χ2v) is 5.89. The maximum Gasteiger partial charge on any atom is 0.280 e. The summed E-state index contributed by atoms with van der Waals surface area (Å²) in [6.45, 7) is 1.97. The van der Waals surface area contributed by atoms with E-state index in [2.05, 4.69) is 31.4 Å². The van der Waals surface area contributed by atoms with Gasteiger partial charge < -0.3 is 5.32 Å². The summed E-state index contributed by atoms with van der Waals surface area (Å²) in [6, 6.07) is 0.142. The fraction of sp³-hybridized carbons (Fsp3) is 0.556. The number of hydrogen-bond donors (Lipinski definition) is 2. The topological polar surface area (TPSA) is 74.8 Å². The summed E-state index contributed by atoms with van der Waals surface area (Å²) in [5, 5.41) is 9.17. The normalized spacial score (nSPS) is 14.4. The SMILES string of the molecule is CC(CCS(C)=O)Nc1cn[nH]c(=O)c1Br. The van der Waals surface area contributed by atoms with Gasteiger partial charge in [0.05, 0.1) is 11.9 Å². The molecule has 2 atom stereocenters. The standard InChI is InChI=1S/C9H14BrN3O2S/c1-6(3-4-16(2)15)12-7-5-11-13-9(14)8(7)10/h5-6H,3-4H2,1-2H3,(H2,12,13,14). The van der Waals surface area contributed by atoms with Crippen LogP contribution in [0.25, 0.3) is 0 Å². The predicted molar refractivity (Wildman–Crippen MR) is 69.2 cm³/mol. The Morgan fingerprint density at radius 2 is 2.38 bits per heavy atom. The van der Waals surface area contributed by atoms with Gasteiger partial charge in [-0.2, -0.15) is 5.10 Å². The Bertz CT molecular complexity index is 435. The number of H-pyrrole nitrogens is 1. The number of nitrogens with zero attached hydrogens (tertiary/aromatic N) is 1. The zero-order valence-electron chi connectivity index (χ0n) is 9.12. The number of aromatic nitrogens is 2. The molecular weight excluding hydrogens is 294 g/mol. The predicted octanol–water partition coefficient (Wildman–Crippen LogP) is 1.10. The molecule has 2 N–H and O–H groups in total. The van der Waals surface area contributed by atoms with Gasteiger partial charge in [-0.3, -0.25) is 9.00 Å². The smallest absolute Gasteiger partial charge is 0.280 e. The molecule has 0 radical (unpaired) electrons. The second kappa shape index (κ2) is 6.15. The molecule has 0 fully saturated rings. The lowest BCUT2D eigenvalue weighted by molar-refractivity contribution is 0.678. The number of halogens is 1. The fourth-order valence-corrected chi connectivity index (χ4v) is 2.16. The molecule has 0 saturated carbocycles. The number of hydrogen-bond acceptors (Lipinski definition) is 4. The van der Waals surface area contributed by atoms with E-state index in [1.807, 2.05) is 6.92 Å². The molecule has 7 heteroatoms. The average Bonchev–Trinajstić information content (AvgIpc) is 2.22. The van der Waals surface area contributed by atoms with Gasteiger partial charge in [-0.1, -0.05) is 0 Å². The van der Waals surface area contributed by atoms with Crippen molar-refractivity contribution in [3.8, 4) is 0 Å². The van der Waals surface area contributed by atoms with Crippen LogP contribution in [0.5, 0.6) is 0 Å². The molecule has 16 heavy (non-hydrogen) atoms. The first-order valence-electron chi connectivity index (χ1n) is 4.80. The van der Waals surface area contributed by atoms with Gasteiger partial charge in [0.1, 0.15) is 4.47 Å². The van der Waals surface area contributed by atoms with Gasteiger partial charge in [-0.15, -0.1) is 0 Å². The number of rotatable bonds is 5. The first kappa shape index (κ1) is 13.4. The van der Waals surface area contributed by atoms with E-state index >= 15 is 0 Å². The highest BCUT2D eigenvalue weighted by Crippen LogP contribution is 2.16. The highest BCUT2D eigenvalue weighted by atomic mass is 79.9. The fourth-order valence-electron chi connectivity index (χ4n) is 1.16. The van der Waals surface area contributed by atoms with E-state index in [4.69, 9.17) is 0 Å². The van der Waals surface area contributed by atoms with Crippen molar-refractivity contribution in [1.29, 1.82) is 0 Å². The van der Waals surface area contributed by atoms with Crippen LogP contribution in [0.1, 0.15) is 13.3 Å². The summed E-state index contributed by atoms with van der Waals surface area (Å²) in [5.41, 5.74) is 0.384. The van der Waals surface area contributed by atoms with Crippen LogP contribution in [0.15, 0.2) is 15.5 Å². The zero-order valence-corrected chi connectivity index (χ0v) is 11.5. The van der Waals surface area contributed by atoms with E-state index in [1.165, 1.54) is 0 Å². The van der Waals surface area contributed by atoms with Gasteiger partial charge in [-0.25, -0.2) is 5.10 Å². The second-order valence-electron chi connectivity index (χ2n) is 3.54. The Hall–Kier alpha value is -0.690. The summed E-state index contributed by atoms with van der Waals surface area (Å²) in [7, 11) is -0.789. The summed E-state index contributed by atoms with van der Waals surface area (Å²) >= 11 is 3.18. The van der Waals surface area contributed by atoms with Crippen LogP contribution in [0.2, 0.25) is 0 Å². The molecule has 5 nitrogen and oxygen atoms in total. The van der Waals surface area contributed by atoms with Crippen molar-refractivity contribution in [2.75, 3.05) is 17.3 Å². The van der Waals surface area contributed by atoms with Gasteiger partial charge in [0, 0.05) is 28.9 Å². The Morgan fingerprint density at radius 1 is 1.69 bits per heavy atom. The molecule has 0 aliphatic carbocycles. The van der Waals surface area contributed by atoms with Crippen molar-refractivity contribution in [3.05, 3.63) is 21.0 Å². The van der Waals surface area contributed by atoms with Crippen LogP contribution < -0.4 is 10.9 Å². The maximum absolute atomic E-state index is 11.2. The first-order chi connectivity index (χ1) is 7.50. The summed E-state index contributed by atoms with van der Waals surface area (Å²) in [5.74, 6) is 0.641. The van der Waals surface area contributed by atoms with Gasteiger partial charge in [0.15, 0.2) is 0 Å². The minimum Gasteiger partial charge on any atom is -0.380 e. The maximum atomic E-state index is 11.2. The van der Waals surface area contributed by atoms with Crippen LogP contribution >= 0.6 is 15.9 Å². The highest BCUT2D eigenvalue weighted by Gasteiger charge is 2.08. The Labute approximate surface area is 105 Å². The molecule has 1 rings (SSSR count). The van der Waals surface area contributed by atoms with Crippen molar-refractivity contribution in [1.82, 2.24) is 10.2 Å². The van der Waals surface area contributed by atoms with E-state index in [0.717, 1.165) is 6.42 Å². The molecule has 0 aromatic carbocycles. The molecule has 0 aliphatic rings. The largest absolute Gasteiger partial charge is 0.380 e. The van der Waals surface area contributed by atoms with Crippen LogP contribution in [0.4, 0.5) is 5.69 Å². The molecular formula is C9H14BrN3O2S. The van der Waals surface area contributed by atoms with E-state index in [1.54, 1.807) is 12.5 Å². The number of nitrogens with one attached hydrogen (secondary N) is 2. The molecule has 1 aromatic heterocycles. The molecule has 90 valence electrons. The van der Waals surface area contributed by atoms with Crippen molar-refractivity contribution in [2.45, 2.75) is 19.4 Å². The van der Waals surface area contributed by atoms with E-state index in [-0.39, 0.29) is 11.6 Å². The Kier molecular flexibility index (Phi) is 5.14. The number of aromatic amines is 1. The van der Waals surface area contributed by atoms with Crippen LogP contribution in [-0.4, -0.2) is 32.5 Å². The molecule has 0 bridgehead atoms. The Balaban J connectivity index is 2.62. The van der Waals surface area contributed by atoms with Gasteiger partial charge in [0.2, 0.25) is 0 Å². The van der Waals surface area contributed by atoms with Crippen molar-refractivity contribution < 1.29 is 4.21 Å². The molecule has 0 aliphatic heterocycles. The quantitative estimate of drug-likeness (QED) is 0.854.